The normalized spacial score (nSPS) is 17.2. The van der Waals surface area contributed by atoms with Crippen molar-refractivity contribution in [3.63, 3.8) is 0 Å². The van der Waals surface area contributed by atoms with Crippen LogP contribution in [0.25, 0.3) is 0 Å². The number of furan rings is 1. The van der Waals surface area contributed by atoms with E-state index in [4.69, 9.17) is 4.42 Å². The lowest BCUT2D eigenvalue weighted by Crippen LogP contribution is -2.38. The monoisotopic (exact) mass is 369 g/mol. The van der Waals surface area contributed by atoms with Crippen molar-refractivity contribution in [3.05, 3.63) is 65.6 Å². The number of aromatic nitrogens is 1. The van der Waals surface area contributed by atoms with E-state index in [1.165, 1.54) is 17.2 Å². The molecule has 3 rings (SSSR count). The molecule has 0 saturated heterocycles. The average molecular weight is 369 g/mol. The number of pyridine rings is 1. The lowest BCUT2D eigenvalue weighted by Gasteiger charge is -2.28. The number of aliphatic hydroxyl groups is 1. The van der Waals surface area contributed by atoms with E-state index in [-0.39, 0.29) is 11.3 Å². The van der Waals surface area contributed by atoms with Crippen LogP contribution in [0.4, 0.5) is 0 Å². The van der Waals surface area contributed by atoms with Crippen molar-refractivity contribution in [1.82, 2.24) is 14.8 Å². The fraction of sp³-hybridized carbons (Fsp3) is 0.350. The smallest absolute Gasteiger partial charge is 0.290 e. The molecule has 0 bridgehead atoms. The summed E-state index contributed by atoms with van der Waals surface area (Å²) in [5.74, 6) is -1.53. The highest BCUT2D eigenvalue weighted by Gasteiger charge is 2.44. The van der Waals surface area contributed by atoms with Crippen LogP contribution in [-0.2, 0) is 4.79 Å². The second kappa shape index (κ2) is 8.18. The first-order valence-electron chi connectivity index (χ1n) is 9.04. The van der Waals surface area contributed by atoms with Crippen molar-refractivity contribution in [2.24, 2.45) is 0 Å². The van der Waals surface area contributed by atoms with Crippen molar-refractivity contribution in [2.45, 2.75) is 19.9 Å². The van der Waals surface area contributed by atoms with Gasteiger partial charge >= 0.3 is 0 Å². The number of carbonyl (C=O) groups is 2. The molecule has 7 heteroatoms. The zero-order valence-corrected chi connectivity index (χ0v) is 15.5. The molecular weight excluding hydrogens is 346 g/mol. The summed E-state index contributed by atoms with van der Waals surface area (Å²) in [6, 6.07) is 7.66. The summed E-state index contributed by atoms with van der Waals surface area (Å²) in [4.78, 5) is 33.7. The van der Waals surface area contributed by atoms with Gasteiger partial charge in [-0.05, 0) is 37.4 Å². The number of hydrogen-bond donors (Lipinski definition) is 1. The number of ketones is 1. The summed E-state index contributed by atoms with van der Waals surface area (Å²) in [6.07, 6.45) is 2.99. The molecule has 3 heterocycles. The topological polar surface area (TPSA) is 86.9 Å². The molecule has 0 spiro atoms. The van der Waals surface area contributed by atoms with E-state index in [1.807, 2.05) is 13.8 Å². The molecule has 0 aliphatic carbocycles. The summed E-state index contributed by atoms with van der Waals surface area (Å²) in [5.41, 5.74) is 0.539. The SMILES string of the molecule is CCN(CC)CCN1C(=O)C(O)=C(C(=O)c2ccco2)[C@@H]1c1ccccn1. The Labute approximate surface area is 157 Å². The third-order valence-corrected chi connectivity index (χ3v) is 4.81. The van der Waals surface area contributed by atoms with E-state index in [0.29, 0.717) is 18.8 Å². The van der Waals surface area contributed by atoms with Gasteiger partial charge in [-0.3, -0.25) is 14.6 Å². The first-order valence-corrected chi connectivity index (χ1v) is 9.04. The standard InChI is InChI=1S/C20H23N3O4/c1-3-22(4-2)11-12-23-17(14-8-5-6-10-21-14)16(19(25)20(23)26)18(24)15-9-7-13-27-15/h5-10,13,17,25H,3-4,11-12H2,1-2H3/t17-/m0/s1. The quantitative estimate of drug-likeness (QED) is 0.720. The van der Waals surface area contributed by atoms with E-state index in [0.717, 1.165) is 13.1 Å². The molecule has 0 radical (unpaired) electrons. The van der Waals surface area contributed by atoms with E-state index < -0.39 is 23.5 Å². The largest absolute Gasteiger partial charge is 0.503 e. The van der Waals surface area contributed by atoms with Gasteiger partial charge in [0.15, 0.2) is 11.5 Å². The van der Waals surface area contributed by atoms with Crippen LogP contribution in [0.2, 0.25) is 0 Å². The molecule has 1 atom stereocenters. The minimum absolute atomic E-state index is 0.00759. The summed E-state index contributed by atoms with van der Waals surface area (Å²) in [7, 11) is 0. The summed E-state index contributed by atoms with van der Waals surface area (Å²) in [6.45, 7) is 6.81. The van der Waals surface area contributed by atoms with Gasteiger partial charge in [-0.1, -0.05) is 19.9 Å². The number of aliphatic hydroxyl groups excluding tert-OH is 1. The van der Waals surface area contributed by atoms with Gasteiger partial charge < -0.3 is 19.3 Å². The molecule has 2 aromatic heterocycles. The predicted octanol–water partition coefficient (Wildman–Crippen LogP) is 2.59. The van der Waals surface area contributed by atoms with Crippen LogP contribution in [0, 0.1) is 0 Å². The average Bonchev–Trinajstić information content (AvgIpc) is 3.31. The van der Waals surface area contributed by atoms with Gasteiger partial charge in [0.2, 0.25) is 5.78 Å². The van der Waals surface area contributed by atoms with Crippen molar-refractivity contribution >= 4 is 11.7 Å². The Morgan fingerprint density at radius 2 is 2.04 bits per heavy atom. The van der Waals surface area contributed by atoms with E-state index in [2.05, 4.69) is 9.88 Å². The molecule has 0 fully saturated rings. The van der Waals surface area contributed by atoms with Crippen molar-refractivity contribution in [3.8, 4) is 0 Å². The molecule has 0 unspecified atom stereocenters. The van der Waals surface area contributed by atoms with E-state index >= 15 is 0 Å². The molecule has 0 aromatic carbocycles. The summed E-state index contributed by atoms with van der Waals surface area (Å²) >= 11 is 0. The molecule has 2 aromatic rings. The van der Waals surface area contributed by atoms with Crippen molar-refractivity contribution in [2.75, 3.05) is 26.2 Å². The van der Waals surface area contributed by atoms with Gasteiger partial charge in [-0.15, -0.1) is 0 Å². The first kappa shape index (κ1) is 18.8. The number of carbonyl (C=O) groups excluding carboxylic acids is 2. The highest BCUT2D eigenvalue weighted by Crippen LogP contribution is 2.37. The van der Waals surface area contributed by atoms with E-state index in [9.17, 15) is 14.7 Å². The van der Waals surface area contributed by atoms with Crippen molar-refractivity contribution < 1.29 is 19.1 Å². The summed E-state index contributed by atoms with van der Waals surface area (Å²) < 4.78 is 5.19. The number of rotatable bonds is 8. The Balaban J connectivity index is 1.98. The Kier molecular flexibility index (Phi) is 5.71. The number of likely N-dealkylation sites (N-methyl/N-ethyl adjacent to an activating group) is 1. The molecular formula is C20H23N3O4. The minimum Gasteiger partial charge on any atom is -0.503 e. The first-order chi connectivity index (χ1) is 13.1. The fourth-order valence-corrected chi connectivity index (χ4v) is 3.29. The Bertz CT molecular complexity index is 826. The van der Waals surface area contributed by atoms with Gasteiger partial charge in [0.05, 0.1) is 17.5 Å². The zero-order chi connectivity index (χ0) is 19.4. The lowest BCUT2D eigenvalue weighted by atomic mass is 9.98. The highest BCUT2D eigenvalue weighted by molar-refractivity contribution is 6.14. The van der Waals surface area contributed by atoms with Crippen LogP contribution >= 0.6 is 0 Å². The van der Waals surface area contributed by atoms with Crippen LogP contribution in [0.15, 0.2) is 58.5 Å². The number of amides is 1. The predicted molar refractivity (Wildman–Crippen MR) is 99.2 cm³/mol. The van der Waals surface area contributed by atoms with Gasteiger partial charge in [-0.2, -0.15) is 0 Å². The molecule has 0 saturated carbocycles. The third kappa shape index (κ3) is 3.64. The van der Waals surface area contributed by atoms with E-state index in [1.54, 1.807) is 30.5 Å². The number of Topliss-reactive ketones (excluding diaryl/α,β-unsaturated/α-hetero) is 1. The molecule has 142 valence electrons. The fourth-order valence-electron chi connectivity index (χ4n) is 3.29. The van der Waals surface area contributed by atoms with Gasteiger partial charge in [0.1, 0.15) is 6.04 Å². The maximum Gasteiger partial charge on any atom is 0.290 e. The van der Waals surface area contributed by atoms with Crippen LogP contribution in [-0.4, -0.2) is 57.8 Å². The zero-order valence-electron chi connectivity index (χ0n) is 15.5. The second-order valence-electron chi connectivity index (χ2n) is 6.25. The van der Waals surface area contributed by atoms with Crippen LogP contribution < -0.4 is 0 Å². The molecule has 7 nitrogen and oxygen atoms in total. The molecule has 1 N–H and O–H groups in total. The minimum atomic E-state index is -0.744. The van der Waals surface area contributed by atoms with Crippen LogP contribution in [0.5, 0.6) is 0 Å². The van der Waals surface area contributed by atoms with Crippen LogP contribution in [0.3, 0.4) is 0 Å². The Morgan fingerprint density at radius 1 is 1.26 bits per heavy atom. The van der Waals surface area contributed by atoms with Crippen molar-refractivity contribution in [1.29, 1.82) is 0 Å². The Hall–Kier alpha value is -2.93. The second-order valence-corrected chi connectivity index (χ2v) is 6.25. The molecule has 27 heavy (non-hydrogen) atoms. The maximum atomic E-state index is 12.9. The molecule has 1 aliphatic heterocycles. The lowest BCUT2D eigenvalue weighted by molar-refractivity contribution is -0.129. The highest BCUT2D eigenvalue weighted by atomic mass is 16.3. The van der Waals surface area contributed by atoms with Crippen LogP contribution in [0.1, 0.15) is 36.1 Å². The number of nitrogens with zero attached hydrogens (tertiary/aromatic N) is 3. The molecule has 1 aliphatic rings. The van der Waals surface area contributed by atoms with Gasteiger partial charge in [0, 0.05) is 19.3 Å². The van der Waals surface area contributed by atoms with Gasteiger partial charge in [-0.25, -0.2) is 0 Å². The Morgan fingerprint density at radius 3 is 2.63 bits per heavy atom. The molecule has 1 amide bonds. The maximum absolute atomic E-state index is 12.9. The van der Waals surface area contributed by atoms with Gasteiger partial charge in [0.25, 0.3) is 5.91 Å². The third-order valence-electron chi connectivity index (χ3n) is 4.81. The number of hydrogen-bond acceptors (Lipinski definition) is 6. The summed E-state index contributed by atoms with van der Waals surface area (Å²) in [5, 5.41) is 10.5.